The fraction of sp³-hybridized carbons (Fsp3) is 0.353. The van der Waals surface area contributed by atoms with Crippen molar-refractivity contribution in [3.05, 3.63) is 50.9 Å². The van der Waals surface area contributed by atoms with Crippen molar-refractivity contribution in [2.75, 3.05) is 13.2 Å². The highest BCUT2D eigenvalue weighted by Crippen LogP contribution is 2.30. The van der Waals surface area contributed by atoms with Gasteiger partial charge in [0, 0.05) is 23.6 Å². The SMILES string of the molecule is O=C(O)CN(Cc1ccc(Cl)cc1)C(=O)c1csc(C2CCCO2)n1. The van der Waals surface area contributed by atoms with Gasteiger partial charge < -0.3 is 14.7 Å². The van der Waals surface area contributed by atoms with E-state index < -0.39 is 18.4 Å². The molecule has 6 nitrogen and oxygen atoms in total. The highest BCUT2D eigenvalue weighted by Gasteiger charge is 2.25. The van der Waals surface area contributed by atoms with Gasteiger partial charge in [0.25, 0.3) is 5.91 Å². The Morgan fingerprint density at radius 2 is 2.12 bits per heavy atom. The molecular formula is C17H17ClN2O4S. The van der Waals surface area contributed by atoms with Crippen molar-refractivity contribution < 1.29 is 19.4 Å². The minimum Gasteiger partial charge on any atom is -0.480 e. The molecule has 0 radical (unpaired) electrons. The number of nitrogens with zero attached hydrogens (tertiary/aromatic N) is 2. The number of ether oxygens (including phenoxy) is 1. The van der Waals surface area contributed by atoms with Gasteiger partial charge in [-0.25, -0.2) is 4.98 Å². The first-order valence-corrected chi connectivity index (χ1v) is 9.11. The van der Waals surface area contributed by atoms with Crippen LogP contribution in [0, 0.1) is 0 Å². The van der Waals surface area contributed by atoms with Crippen LogP contribution in [0.3, 0.4) is 0 Å². The first-order valence-electron chi connectivity index (χ1n) is 7.85. The second-order valence-electron chi connectivity index (χ2n) is 5.75. The van der Waals surface area contributed by atoms with Crippen molar-refractivity contribution in [1.82, 2.24) is 9.88 Å². The van der Waals surface area contributed by atoms with E-state index in [9.17, 15) is 9.59 Å². The van der Waals surface area contributed by atoms with Gasteiger partial charge in [0.05, 0.1) is 0 Å². The standard InChI is InChI=1S/C17H17ClN2O4S/c18-12-5-3-11(4-6-12)8-20(9-15(21)22)17(23)13-10-25-16(19-13)14-2-1-7-24-14/h3-6,10,14H,1-2,7-9H2,(H,21,22). The normalized spacial score (nSPS) is 16.8. The van der Waals surface area contributed by atoms with Crippen LogP contribution in [0.5, 0.6) is 0 Å². The molecule has 25 heavy (non-hydrogen) atoms. The molecule has 8 heteroatoms. The zero-order chi connectivity index (χ0) is 17.8. The number of hydrogen-bond acceptors (Lipinski definition) is 5. The van der Waals surface area contributed by atoms with Gasteiger partial charge in [-0.05, 0) is 30.5 Å². The highest BCUT2D eigenvalue weighted by molar-refractivity contribution is 7.09. The summed E-state index contributed by atoms with van der Waals surface area (Å²) in [6.45, 7) is 0.485. The summed E-state index contributed by atoms with van der Waals surface area (Å²) < 4.78 is 5.58. The van der Waals surface area contributed by atoms with E-state index in [2.05, 4.69) is 4.98 Å². The molecule has 0 saturated carbocycles. The molecule has 1 aromatic heterocycles. The molecule has 1 aliphatic rings. The van der Waals surface area contributed by atoms with E-state index >= 15 is 0 Å². The first-order chi connectivity index (χ1) is 12.0. The fourth-order valence-electron chi connectivity index (χ4n) is 2.64. The summed E-state index contributed by atoms with van der Waals surface area (Å²) in [6.07, 6.45) is 1.82. The third kappa shape index (κ3) is 4.56. The summed E-state index contributed by atoms with van der Waals surface area (Å²) in [5, 5.41) is 12.1. The van der Waals surface area contributed by atoms with Crippen molar-refractivity contribution >= 4 is 34.8 Å². The van der Waals surface area contributed by atoms with Gasteiger partial charge in [0.2, 0.25) is 0 Å². The zero-order valence-corrected chi connectivity index (χ0v) is 14.9. The Morgan fingerprint density at radius 3 is 2.76 bits per heavy atom. The van der Waals surface area contributed by atoms with Crippen LogP contribution in [0.1, 0.15) is 40.0 Å². The van der Waals surface area contributed by atoms with Gasteiger partial charge in [-0.3, -0.25) is 9.59 Å². The van der Waals surface area contributed by atoms with E-state index in [4.69, 9.17) is 21.4 Å². The van der Waals surface area contributed by atoms with Crippen LogP contribution in [0.2, 0.25) is 5.02 Å². The topological polar surface area (TPSA) is 79.7 Å². The maximum Gasteiger partial charge on any atom is 0.323 e. The molecule has 3 rings (SSSR count). The Hall–Kier alpha value is -1.96. The van der Waals surface area contributed by atoms with Gasteiger partial charge in [-0.2, -0.15) is 0 Å². The van der Waals surface area contributed by atoms with Crippen molar-refractivity contribution in [2.45, 2.75) is 25.5 Å². The number of aromatic nitrogens is 1. The predicted octanol–water partition coefficient (Wildman–Crippen LogP) is 3.38. The summed E-state index contributed by atoms with van der Waals surface area (Å²) in [4.78, 5) is 29.5. The minimum atomic E-state index is -1.07. The lowest BCUT2D eigenvalue weighted by Gasteiger charge is -2.20. The third-order valence-electron chi connectivity index (χ3n) is 3.85. The van der Waals surface area contributed by atoms with Crippen molar-refractivity contribution in [3.8, 4) is 0 Å². The van der Waals surface area contributed by atoms with Crippen molar-refractivity contribution in [3.63, 3.8) is 0 Å². The maximum atomic E-state index is 12.7. The van der Waals surface area contributed by atoms with Gasteiger partial charge >= 0.3 is 5.97 Å². The number of carboxylic acid groups (broad SMARTS) is 1. The molecule has 1 aliphatic heterocycles. The van der Waals surface area contributed by atoms with Crippen LogP contribution in [-0.4, -0.2) is 40.0 Å². The number of aliphatic carboxylic acids is 1. The fourth-order valence-corrected chi connectivity index (χ4v) is 3.64. The first kappa shape index (κ1) is 17.8. The minimum absolute atomic E-state index is 0.0595. The molecule has 2 heterocycles. The van der Waals surface area contributed by atoms with E-state index in [1.165, 1.54) is 16.2 Å². The Bertz CT molecular complexity index is 756. The summed E-state index contributed by atoms with van der Waals surface area (Å²) in [5.74, 6) is -1.48. The molecule has 1 unspecified atom stereocenters. The monoisotopic (exact) mass is 380 g/mol. The van der Waals surface area contributed by atoms with Crippen LogP contribution < -0.4 is 0 Å². The van der Waals surface area contributed by atoms with Gasteiger partial charge in [0.1, 0.15) is 23.4 Å². The molecular weight excluding hydrogens is 364 g/mol. The Labute approximate surface area is 154 Å². The number of benzene rings is 1. The second-order valence-corrected chi connectivity index (χ2v) is 7.08. The quantitative estimate of drug-likeness (QED) is 0.831. The number of thiazole rings is 1. The molecule has 0 spiro atoms. The number of carbonyl (C=O) groups excluding carboxylic acids is 1. The number of carboxylic acids is 1. The van der Waals surface area contributed by atoms with Crippen LogP contribution in [-0.2, 0) is 16.1 Å². The third-order valence-corrected chi connectivity index (χ3v) is 5.03. The molecule has 1 amide bonds. The summed E-state index contributed by atoms with van der Waals surface area (Å²) in [7, 11) is 0. The lowest BCUT2D eigenvalue weighted by Crippen LogP contribution is -2.35. The van der Waals surface area contributed by atoms with Gasteiger partial charge in [-0.15, -0.1) is 11.3 Å². The van der Waals surface area contributed by atoms with E-state index in [0.717, 1.165) is 23.4 Å². The second kappa shape index (κ2) is 7.95. The summed E-state index contributed by atoms with van der Waals surface area (Å²) >= 11 is 7.23. The van der Waals surface area contributed by atoms with Crippen LogP contribution >= 0.6 is 22.9 Å². The summed E-state index contributed by atoms with van der Waals surface area (Å²) in [5.41, 5.74) is 1.05. The summed E-state index contributed by atoms with van der Waals surface area (Å²) in [6, 6.07) is 6.95. The number of amides is 1. The zero-order valence-electron chi connectivity index (χ0n) is 13.4. The lowest BCUT2D eigenvalue weighted by molar-refractivity contribution is -0.137. The molecule has 0 bridgehead atoms. The Morgan fingerprint density at radius 1 is 1.36 bits per heavy atom. The van der Waals surface area contributed by atoms with Gasteiger partial charge in [-0.1, -0.05) is 23.7 Å². The van der Waals surface area contributed by atoms with E-state index in [1.54, 1.807) is 29.6 Å². The Kier molecular flexibility index (Phi) is 5.67. The molecule has 132 valence electrons. The number of hydrogen-bond donors (Lipinski definition) is 1. The van der Waals surface area contributed by atoms with E-state index in [-0.39, 0.29) is 18.3 Å². The van der Waals surface area contributed by atoms with Crippen LogP contribution in [0.25, 0.3) is 0 Å². The average molecular weight is 381 g/mol. The molecule has 1 saturated heterocycles. The number of rotatable bonds is 6. The number of carbonyl (C=O) groups is 2. The van der Waals surface area contributed by atoms with Crippen LogP contribution in [0.4, 0.5) is 0 Å². The smallest absolute Gasteiger partial charge is 0.323 e. The van der Waals surface area contributed by atoms with Crippen molar-refractivity contribution in [1.29, 1.82) is 0 Å². The molecule has 0 aliphatic carbocycles. The molecule has 1 atom stereocenters. The lowest BCUT2D eigenvalue weighted by atomic mass is 10.2. The largest absolute Gasteiger partial charge is 0.480 e. The molecule has 1 fully saturated rings. The van der Waals surface area contributed by atoms with Crippen molar-refractivity contribution in [2.24, 2.45) is 0 Å². The highest BCUT2D eigenvalue weighted by atomic mass is 35.5. The number of halogens is 1. The van der Waals surface area contributed by atoms with Crippen LogP contribution in [0.15, 0.2) is 29.6 Å². The maximum absolute atomic E-state index is 12.7. The predicted molar refractivity (Wildman–Crippen MR) is 93.9 cm³/mol. The molecule has 1 N–H and O–H groups in total. The van der Waals surface area contributed by atoms with Gasteiger partial charge in [0.15, 0.2) is 0 Å². The molecule has 1 aromatic carbocycles. The molecule has 2 aromatic rings. The average Bonchev–Trinajstić information content (AvgIpc) is 3.26. The Balaban J connectivity index is 1.76. The van der Waals surface area contributed by atoms with E-state index in [0.29, 0.717) is 11.6 Å². The van der Waals surface area contributed by atoms with E-state index in [1.807, 2.05) is 0 Å².